The van der Waals surface area contributed by atoms with E-state index >= 15 is 0 Å². The molecule has 1 saturated heterocycles. The Morgan fingerprint density at radius 3 is 2.94 bits per heavy atom. The number of fused-ring (bicyclic) bond motifs is 1. The van der Waals surface area contributed by atoms with Gasteiger partial charge in [-0.15, -0.1) is 0 Å². The fourth-order valence-corrected chi connectivity index (χ4v) is 2.37. The Morgan fingerprint density at radius 2 is 2.06 bits per heavy atom. The molecule has 0 saturated carbocycles. The van der Waals surface area contributed by atoms with Crippen molar-refractivity contribution in [2.24, 2.45) is 5.73 Å². The molecule has 0 radical (unpaired) electrons. The highest BCUT2D eigenvalue weighted by atomic mass is 16.1. The predicted octanol–water partition coefficient (Wildman–Crippen LogP) is 1.51. The zero-order chi connectivity index (χ0) is 12.5. The second kappa shape index (κ2) is 4.38. The van der Waals surface area contributed by atoms with Gasteiger partial charge in [-0.05, 0) is 18.6 Å². The van der Waals surface area contributed by atoms with E-state index in [1.54, 1.807) is 0 Å². The smallest absolute Gasteiger partial charge is 0.220 e. The van der Waals surface area contributed by atoms with Gasteiger partial charge >= 0.3 is 0 Å². The van der Waals surface area contributed by atoms with E-state index in [2.05, 4.69) is 10.3 Å². The van der Waals surface area contributed by atoms with Crippen LogP contribution in [-0.2, 0) is 4.79 Å². The van der Waals surface area contributed by atoms with E-state index < -0.39 is 0 Å². The Labute approximate surface area is 105 Å². The van der Waals surface area contributed by atoms with Crippen molar-refractivity contribution < 1.29 is 4.79 Å². The normalized spacial score (nSPS) is 23.9. The fraction of sp³-hybridized carbons (Fsp3) is 0.286. The third kappa shape index (κ3) is 1.95. The molecule has 92 valence electrons. The molecule has 3 rings (SSSR count). The molecule has 2 unspecified atom stereocenters. The van der Waals surface area contributed by atoms with E-state index in [0.29, 0.717) is 12.8 Å². The number of amides is 1. The minimum Gasteiger partial charge on any atom is -0.346 e. The van der Waals surface area contributed by atoms with Crippen molar-refractivity contribution in [3.63, 3.8) is 0 Å². The van der Waals surface area contributed by atoms with Crippen LogP contribution in [0.5, 0.6) is 0 Å². The summed E-state index contributed by atoms with van der Waals surface area (Å²) in [4.78, 5) is 16.1. The molecule has 0 spiro atoms. The number of nitrogens with two attached hydrogens (primary N) is 1. The Morgan fingerprint density at radius 1 is 1.22 bits per heavy atom. The van der Waals surface area contributed by atoms with Crippen LogP contribution in [0.3, 0.4) is 0 Å². The lowest BCUT2D eigenvalue weighted by Gasteiger charge is -2.29. The molecule has 1 amide bonds. The maximum Gasteiger partial charge on any atom is 0.220 e. The number of nitrogens with zero attached hydrogens (tertiary/aromatic N) is 1. The first-order valence-corrected chi connectivity index (χ1v) is 6.15. The lowest BCUT2D eigenvalue weighted by molar-refractivity contribution is -0.123. The summed E-state index contributed by atoms with van der Waals surface area (Å²) < 4.78 is 0. The first-order valence-electron chi connectivity index (χ1n) is 6.15. The number of para-hydroxylation sites is 1. The van der Waals surface area contributed by atoms with Gasteiger partial charge in [-0.25, -0.2) is 0 Å². The zero-order valence-electron chi connectivity index (χ0n) is 9.97. The van der Waals surface area contributed by atoms with Crippen LogP contribution in [0.4, 0.5) is 0 Å². The third-order valence-electron chi connectivity index (χ3n) is 3.39. The van der Waals surface area contributed by atoms with Crippen LogP contribution in [0.15, 0.2) is 36.4 Å². The molecule has 2 atom stereocenters. The van der Waals surface area contributed by atoms with Gasteiger partial charge in [0.2, 0.25) is 5.91 Å². The lowest BCUT2D eigenvalue weighted by Crippen LogP contribution is -2.46. The highest BCUT2D eigenvalue weighted by Crippen LogP contribution is 2.23. The van der Waals surface area contributed by atoms with Crippen molar-refractivity contribution in [2.75, 3.05) is 0 Å². The number of benzene rings is 1. The quantitative estimate of drug-likeness (QED) is 0.795. The van der Waals surface area contributed by atoms with E-state index in [-0.39, 0.29) is 18.0 Å². The van der Waals surface area contributed by atoms with Crippen molar-refractivity contribution in [2.45, 2.75) is 24.9 Å². The monoisotopic (exact) mass is 241 g/mol. The van der Waals surface area contributed by atoms with Crippen LogP contribution in [0, 0.1) is 0 Å². The average Bonchev–Trinajstić information content (AvgIpc) is 2.41. The minimum absolute atomic E-state index is 0.0525. The lowest BCUT2D eigenvalue weighted by atomic mass is 9.95. The van der Waals surface area contributed by atoms with Gasteiger partial charge in [0.15, 0.2) is 0 Å². The number of hydrogen-bond donors (Lipinski definition) is 2. The summed E-state index contributed by atoms with van der Waals surface area (Å²) >= 11 is 0. The molecule has 1 aromatic carbocycles. The summed E-state index contributed by atoms with van der Waals surface area (Å²) in [5, 5.41) is 4.02. The molecular formula is C14H15N3O. The van der Waals surface area contributed by atoms with E-state index in [9.17, 15) is 4.79 Å². The topological polar surface area (TPSA) is 68.0 Å². The van der Waals surface area contributed by atoms with Crippen LogP contribution in [0.25, 0.3) is 10.9 Å². The third-order valence-corrected chi connectivity index (χ3v) is 3.39. The predicted molar refractivity (Wildman–Crippen MR) is 69.8 cm³/mol. The largest absolute Gasteiger partial charge is 0.346 e. The van der Waals surface area contributed by atoms with E-state index in [4.69, 9.17) is 5.73 Å². The maximum atomic E-state index is 11.5. The molecule has 0 bridgehead atoms. The summed E-state index contributed by atoms with van der Waals surface area (Å²) in [7, 11) is 0. The van der Waals surface area contributed by atoms with Crippen LogP contribution in [0.2, 0.25) is 0 Å². The van der Waals surface area contributed by atoms with Crippen molar-refractivity contribution in [1.82, 2.24) is 10.3 Å². The summed E-state index contributed by atoms with van der Waals surface area (Å²) in [5.41, 5.74) is 7.84. The van der Waals surface area contributed by atoms with Crippen molar-refractivity contribution in [1.29, 1.82) is 0 Å². The van der Waals surface area contributed by atoms with Crippen LogP contribution in [-0.4, -0.2) is 16.9 Å². The molecule has 2 heterocycles. The number of aromatic nitrogens is 1. The molecule has 18 heavy (non-hydrogen) atoms. The van der Waals surface area contributed by atoms with Crippen LogP contribution in [0.1, 0.15) is 24.6 Å². The van der Waals surface area contributed by atoms with E-state index in [1.807, 2.05) is 36.4 Å². The van der Waals surface area contributed by atoms with Gasteiger partial charge in [0.25, 0.3) is 0 Å². The zero-order valence-corrected chi connectivity index (χ0v) is 9.97. The SMILES string of the molecule is NC1CCC(=O)NC1c1ccc2ccccc2n1. The number of piperidine rings is 1. The molecule has 3 N–H and O–H groups in total. The van der Waals surface area contributed by atoms with Gasteiger partial charge in [0.05, 0.1) is 17.3 Å². The Balaban J connectivity index is 2.00. The molecule has 2 aromatic rings. The summed E-state index contributed by atoms with van der Waals surface area (Å²) in [6.45, 7) is 0. The van der Waals surface area contributed by atoms with Gasteiger partial charge in [-0.1, -0.05) is 24.3 Å². The fourth-order valence-electron chi connectivity index (χ4n) is 2.37. The Hall–Kier alpha value is -1.94. The number of rotatable bonds is 1. The van der Waals surface area contributed by atoms with Crippen LogP contribution < -0.4 is 11.1 Å². The van der Waals surface area contributed by atoms with Crippen molar-refractivity contribution in [3.05, 3.63) is 42.1 Å². The summed E-state index contributed by atoms with van der Waals surface area (Å²) in [5.74, 6) is 0.0525. The molecule has 0 aliphatic carbocycles. The molecular weight excluding hydrogens is 226 g/mol. The van der Waals surface area contributed by atoms with E-state index in [0.717, 1.165) is 16.6 Å². The van der Waals surface area contributed by atoms with Crippen molar-refractivity contribution >= 4 is 16.8 Å². The van der Waals surface area contributed by atoms with Gasteiger partial charge in [0, 0.05) is 17.8 Å². The van der Waals surface area contributed by atoms with Crippen molar-refractivity contribution in [3.8, 4) is 0 Å². The number of carbonyl (C=O) groups is 1. The van der Waals surface area contributed by atoms with Gasteiger partial charge in [-0.2, -0.15) is 0 Å². The highest BCUT2D eigenvalue weighted by molar-refractivity contribution is 5.79. The molecule has 1 aliphatic rings. The van der Waals surface area contributed by atoms with Gasteiger partial charge in [0.1, 0.15) is 0 Å². The summed E-state index contributed by atoms with van der Waals surface area (Å²) in [6.07, 6.45) is 1.22. The first kappa shape index (κ1) is 11.2. The van der Waals surface area contributed by atoms with Gasteiger partial charge < -0.3 is 11.1 Å². The second-order valence-corrected chi connectivity index (χ2v) is 4.68. The first-order chi connectivity index (χ1) is 8.74. The van der Waals surface area contributed by atoms with Crippen LogP contribution >= 0.6 is 0 Å². The number of carbonyl (C=O) groups excluding carboxylic acids is 1. The summed E-state index contributed by atoms with van der Waals surface area (Å²) in [6, 6.07) is 11.7. The second-order valence-electron chi connectivity index (χ2n) is 4.68. The molecule has 1 fully saturated rings. The van der Waals surface area contributed by atoms with E-state index in [1.165, 1.54) is 0 Å². The molecule has 1 aliphatic heterocycles. The molecule has 4 nitrogen and oxygen atoms in total. The highest BCUT2D eigenvalue weighted by Gasteiger charge is 2.28. The minimum atomic E-state index is -0.171. The number of pyridine rings is 1. The Bertz CT molecular complexity index is 596. The maximum absolute atomic E-state index is 11.5. The Kier molecular flexibility index (Phi) is 2.72. The van der Waals surface area contributed by atoms with Gasteiger partial charge in [-0.3, -0.25) is 9.78 Å². The number of nitrogens with one attached hydrogen (secondary N) is 1. The molecule has 4 heteroatoms. The average molecular weight is 241 g/mol. The number of hydrogen-bond acceptors (Lipinski definition) is 3. The standard InChI is InChI=1S/C14H15N3O/c15-10-6-8-13(18)17-14(10)12-7-5-9-3-1-2-4-11(9)16-12/h1-5,7,10,14H,6,8,15H2,(H,17,18). The molecule has 1 aromatic heterocycles.